The molecule has 0 heterocycles. The average Bonchev–Trinajstić information content (AvgIpc) is 2.24. The Balaban J connectivity index is 5.13. The van der Waals surface area contributed by atoms with E-state index in [0.29, 0.717) is 0 Å². The molecule has 9 nitrogen and oxygen atoms in total. The summed E-state index contributed by atoms with van der Waals surface area (Å²) in [5, 5.41) is 9.01. The highest BCUT2D eigenvalue weighted by molar-refractivity contribution is 5.90. The van der Waals surface area contributed by atoms with Crippen LogP contribution in [0.5, 0.6) is 0 Å². The van der Waals surface area contributed by atoms with E-state index in [9.17, 15) is 19.2 Å². The number of hydrogen-bond acceptors (Lipinski definition) is 4. The third-order valence-corrected chi connectivity index (χ3v) is 2.61. The first-order chi connectivity index (χ1) is 8.50. The molecule has 0 aromatic carbocycles. The Kier molecular flexibility index (Phi) is 5.29. The third-order valence-electron chi connectivity index (χ3n) is 2.61. The Morgan fingerprint density at radius 3 is 1.68 bits per heavy atom. The van der Waals surface area contributed by atoms with E-state index in [-0.39, 0.29) is 0 Å². The monoisotopic (exact) mass is 274 g/mol. The van der Waals surface area contributed by atoms with E-state index in [1.165, 1.54) is 20.9 Å². The topological polar surface area (TPSA) is 147 Å². The Hall–Kier alpha value is -2.32. The van der Waals surface area contributed by atoms with Crippen molar-refractivity contribution in [3.8, 4) is 0 Å². The molecule has 19 heavy (non-hydrogen) atoms. The van der Waals surface area contributed by atoms with Gasteiger partial charge in [-0.15, -0.1) is 0 Å². The molecule has 0 spiro atoms. The van der Waals surface area contributed by atoms with Crippen LogP contribution in [0.1, 0.15) is 13.8 Å². The summed E-state index contributed by atoms with van der Waals surface area (Å²) in [6.07, 6.45) is 0. The van der Waals surface area contributed by atoms with Crippen molar-refractivity contribution in [1.29, 1.82) is 0 Å². The van der Waals surface area contributed by atoms with Gasteiger partial charge in [-0.1, -0.05) is 0 Å². The molecule has 0 unspecified atom stereocenters. The SMILES string of the molecule is CN(C(=O)N(CC(N)=O)CC(N)=O)C(C)(C)C(=O)O. The Morgan fingerprint density at radius 2 is 1.42 bits per heavy atom. The van der Waals surface area contributed by atoms with Gasteiger partial charge in [0.25, 0.3) is 0 Å². The van der Waals surface area contributed by atoms with Crippen LogP contribution in [0.3, 0.4) is 0 Å². The fourth-order valence-corrected chi connectivity index (χ4v) is 1.16. The summed E-state index contributed by atoms with van der Waals surface area (Å²) < 4.78 is 0. The maximum atomic E-state index is 12.0. The lowest BCUT2D eigenvalue weighted by Crippen LogP contribution is -2.57. The van der Waals surface area contributed by atoms with Crippen molar-refractivity contribution in [3.63, 3.8) is 0 Å². The number of amides is 4. The van der Waals surface area contributed by atoms with Gasteiger partial charge in [0, 0.05) is 7.05 Å². The lowest BCUT2D eigenvalue weighted by molar-refractivity contribution is -0.147. The third kappa shape index (κ3) is 4.45. The average molecular weight is 274 g/mol. The Bertz CT molecular complexity index is 391. The van der Waals surface area contributed by atoms with E-state index < -0.39 is 42.4 Å². The van der Waals surface area contributed by atoms with Crippen molar-refractivity contribution in [2.45, 2.75) is 19.4 Å². The molecule has 0 aliphatic carbocycles. The summed E-state index contributed by atoms with van der Waals surface area (Å²) in [6.45, 7) is 1.56. The van der Waals surface area contributed by atoms with Crippen LogP contribution >= 0.6 is 0 Å². The summed E-state index contributed by atoms with van der Waals surface area (Å²) in [6, 6.07) is -0.829. The van der Waals surface area contributed by atoms with Crippen molar-refractivity contribution >= 4 is 23.8 Å². The van der Waals surface area contributed by atoms with Gasteiger partial charge in [-0.05, 0) is 13.8 Å². The highest BCUT2D eigenvalue weighted by atomic mass is 16.4. The van der Waals surface area contributed by atoms with Crippen LogP contribution in [0, 0.1) is 0 Å². The van der Waals surface area contributed by atoms with Gasteiger partial charge in [-0.3, -0.25) is 9.59 Å². The number of nitrogens with zero attached hydrogens (tertiary/aromatic N) is 2. The quantitative estimate of drug-likeness (QED) is 0.521. The molecule has 0 aromatic heterocycles. The normalized spacial score (nSPS) is 10.7. The molecule has 5 N–H and O–H groups in total. The first kappa shape index (κ1) is 16.7. The van der Waals surface area contributed by atoms with Crippen LogP contribution in [0.2, 0.25) is 0 Å². The zero-order valence-electron chi connectivity index (χ0n) is 11.0. The molecular weight excluding hydrogens is 256 g/mol. The van der Waals surface area contributed by atoms with Gasteiger partial charge in [0.2, 0.25) is 11.8 Å². The molecule has 0 radical (unpaired) electrons. The molecule has 0 bridgehead atoms. The van der Waals surface area contributed by atoms with Crippen molar-refractivity contribution in [3.05, 3.63) is 0 Å². The molecule has 0 saturated heterocycles. The minimum Gasteiger partial charge on any atom is -0.480 e. The number of carboxylic acids is 1. The maximum absolute atomic E-state index is 12.0. The lowest BCUT2D eigenvalue weighted by atomic mass is 10.0. The van der Waals surface area contributed by atoms with Crippen LogP contribution in [-0.4, -0.2) is 64.4 Å². The van der Waals surface area contributed by atoms with E-state index in [2.05, 4.69) is 0 Å². The predicted octanol–water partition coefficient (Wildman–Crippen LogP) is -1.83. The Labute approximate surface area is 110 Å². The largest absolute Gasteiger partial charge is 0.480 e. The molecule has 9 heteroatoms. The van der Waals surface area contributed by atoms with Crippen LogP contribution < -0.4 is 11.5 Å². The molecule has 108 valence electrons. The number of primary amides is 2. The smallest absolute Gasteiger partial charge is 0.329 e. The van der Waals surface area contributed by atoms with Gasteiger partial charge in [-0.2, -0.15) is 0 Å². The molecular formula is C10H18N4O5. The maximum Gasteiger partial charge on any atom is 0.329 e. The standard InChI is InChI=1S/C10H18N4O5/c1-10(2,8(17)18)13(3)9(19)14(4-6(11)15)5-7(12)16/h4-5H2,1-3H3,(H2,11,15)(H2,12,16)(H,17,18). The van der Waals surface area contributed by atoms with Crippen LogP contribution in [0.15, 0.2) is 0 Å². The molecule has 0 saturated carbocycles. The van der Waals surface area contributed by atoms with Crippen molar-refractivity contribution < 1.29 is 24.3 Å². The van der Waals surface area contributed by atoms with Crippen molar-refractivity contribution in [2.75, 3.05) is 20.1 Å². The first-order valence-corrected chi connectivity index (χ1v) is 5.33. The minimum atomic E-state index is -1.51. The number of likely N-dealkylation sites (N-methyl/N-ethyl adjacent to an activating group) is 1. The summed E-state index contributed by atoms with van der Waals surface area (Å²) in [5.41, 5.74) is 8.40. The summed E-state index contributed by atoms with van der Waals surface area (Å²) in [5.74, 6) is -2.91. The van der Waals surface area contributed by atoms with Crippen LogP contribution in [0.25, 0.3) is 0 Å². The summed E-state index contributed by atoms with van der Waals surface area (Å²) in [4.78, 5) is 46.4. The minimum absolute atomic E-state index is 0.526. The highest BCUT2D eigenvalue weighted by Crippen LogP contribution is 2.14. The number of rotatable bonds is 6. The van der Waals surface area contributed by atoms with E-state index in [0.717, 1.165) is 9.80 Å². The molecule has 0 atom stereocenters. The zero-order chi connectivity index (χ0) is 15.4. The zero-order valence-corrected chi connectivity index (χ0v) is 11.0. The second-order valence-electron chi connectivity index (χ2n) is 4.49. The number of urea groups is 1. The van der Waals surface area contributed by atoms with E-state index in [4.69, 9.17) is 16.6 Å². The number of hydrogen-bond donors (Lipinski definition) is 3. The van der Waals surface area contributed by atoms with E-state index in [1.54, 1.807) is 0 Å². The van der Waals surface area contributed by atoms with Crippen molar-refractivity contribution in [2.24, 2.45) is 11.5 Å². The van der Waals surface area contributed by atoms with E-state index >= 15 is 0 Å². The fraction of sp³-hybridized carbons (Fsp3) is 0.600. The number of nitrogens with two attached hydrogens (primary N) is 2. The highest BCUT2D eigenvalue weighted by Gasteiger charge is 2.37. The fourth-order valence-electron chi connectivity index (χ4n) is 1.16. The van der Waals surface area contributed by atoms with Gasteiger partial charge in [0.15, 0.2) is 0 Å². The van der Waals surface area contributed by atoms with Crippen molar-refractivity contribution in [1.82, 2.24) is 9.80 Å². The van der Waals surface area contributed by atoms with Gasteiger partial charge >= 0.3 is 12.0 Å². The number of carbonyl (C=O) groups excluding carboxylic acids is 3. The molecule has 4 amide bonds. The van der Waals surface area contributed by atoms with Crippen LogP contribution in [-0.2, 0) is 14.4 Å². The number of carbonyl (C=O) groups is 4. The first-order valence-electron chi connectivity index (χ1n) is 5.33. The summed E-state index contributed by atoms with van der Waals surface area (Å²) >= 11 is 0. The predicted molar refractivity (Wildman–Crippen MR) is 64.8 cm³/mol. The molecule has 0 fully saturated rings. The van der Waals surface area contributed by atoms with E-state index in [1.807, 2.05) is 0 Å². The van der Waals surface area contributed by atoms with Crippen LogP contribution in [0.4, 0.5) is 4.79 Å². The van der Waals surface area contributed by atoms with Gasteiger partial charge < -0.3 is 26.4 Å². The summed E-state index contributed by atoms with van der Waals surface area (Å²) in [7, 11) is 1.24. The molecule has 0 rings (SSSR count). The number of aliphatic carboxylic acids is 1. The second-order valence-corrected chi connectivity index (χ2v) is 4.49. The molecule has 0 aliphatic rings. The number of carboxylic acid groups (broad SMARTS) is 1. The van der Waals surface area contributed by atoms with Gasteiger partial charge in [0.1, 0.15) is 18.6 Å². The molecule has 0 aromatic rings. The van der Waals surface area contributed by atoms with Gasteiger partial charge in [0.05, 0.1) is 0 Å². The lowest BCUT2D eigenvalue weighted by Gasteiger charge is -2.35. The second kappa shape index (κ2) is 6.03. The Morgan fingerprint density at radius 1 is 1.05 bits per heavy atom. The van der Waals surface area contributed by atoms with Gasteiger partial charge in [-0.25, -0.2) is 9.59 Å². The molecule has 0 aliphatic heterocycles.